The smallest absolute Gasteiger partial charge is 0.291 e. The number of nitrogens with one attached hydrogen (secondary N) is 1. The number of benzene rings is 2. The molecule has 33 heavy (non-hydrogen) atoms. The molecule has 2 aliphatic heterocycles. The molecule has 2 aromatic rings. The third kappa shape index (κ3) is 5.75. The van der Waals surface area contributed by atoms with E-state index in [1.807, 2.05) is 30.3 Å². The van der Waals surface area contributed by atoms with Crippen molar-refractivity contribution in [2.45, 2.75) is 31.8 Å². The van der Waals surface area contributed by atoms with Crippen LogP contribution in [-0.2, 0) is 27.3 Å². The first kappa shape index (κ1) is 23.7. The molecule has 0 saturated carbocycles. The molecule has 0 aromatic heterocycles. The van der Waals surface area contributed by atoms with Crippen LogP contribution in [0.2, 0.25) is 10.0 Å². The van der Waals surface area contributed by atoms with Crippen LogP contribution >= 0.6 is 23.2 Å². The summed E-state index contributed by atoms with van der Waals surface area (Å²) in [7, 11) is 0. The maximum absolute atomic E-state index is 12.6. The van der Waals surface area contributed by atoms with Gasteiger partial charge in [-0.25, -0.2) is 0 Å². The predicted molar refractivity (Wildman–Crippen MR) is 128 cm³/mol. The number of Topliss-reactive ketones (excluding diaryl/α,β-unsaturated/α-hetero) is 1. The second kappa shape index (κ2) is 10.7. The molecule has 2 heterocycles. The summed E-state index contributed by atoms with van der Waals surface area (Å²) in [4.78, 5) is 41.6. The van der Waals surface area contributed by atoms with Crippen molar-refractivity contribution < 1.29 is 14.4 Å². The van der Waals surface area contributed by atoms with Gasteiger partial charge in [-0.1, -0.05) is 59.6 Å². The molecule has 4 rings (SSSR count). The van der Waals surface area contributed by atoms with Gasteiger partial charge in [-0.05, 0) is 42.5 Å². The monoisotopic (exact) mass is 487 g/mol. The number of halogens is 2. The van der Waals surface area contributed by atoms with E-state index in [4.69, 9.17) is 23.2 Å². The van der Waals surface area contributed by atoms with Crippen molar-refractivity contribution >= 4 is 40.8 Å². The van der Waals surface area contributed by atoms with Crippen LogP contribution in [0.15, 0.2) is 48.5 Å². The van der Waals surface area contributed by atoms with Crippen molar-refractivity contribution in [1.29, 1.82) is 0 Å². The summed E-state index contributed by atoms with van der Waals surface area (Å²) in [5.74, 6) is -2.43. The van der Waals surface area contributed by atoms with Gasteiger partial charge in [0.25, 0.3) is 5.91 Å². The first-order valence-electron chi connectivity index (χ1n) is 11.2. The van der Waals surface area contributed by atoms with Crippen LogP contribution < -0.4 is 5.32 Å². The molecular weight excluding hydrogens is 461 g/mol. The molecule has 2 amide bonds. The maximum Gasteiger partial charge on any atom is 0.291 e. The molecule has 174 valence electrons. The van der Waals surface area contributed by atoms with E-state index in [0.717, 1.165) is 31.5 Å². The summed E-state index contributed by atoms with van der Waals surface area (Å²) in [6.45, 7) is 2.98. The Bertz CT molecular complexity index is 1030. The molecule has 2 saturated heterocycles. The van der Waals surface area contributed by atoms with Gasteiger partial charge in [-0.3, -0.25) is 19.3 Å². The molecule has 1 N–H and O–H groups in total. The summed E-state index contributed by atoms with van der Waals surface area (Å²) in [6.07, 6.45) is 2.23. The van der Waals surface area contributed by atoms with Crippen LogP contribution in [0.1, 0.15) is 24.0 Å². The van der Waals surface area contributed by atoms with Crippen molar-refractivity contribution in [2.24, 2.45) is 5.92 Å². The number of amides is 2. The highest BCUT2D eigenvalue weighted by Crippen LogP contribution is 2.25. The zero-order valence-corrected chi connectivity index (χ0v) is 19.8. The molecular formula is C25H27Cl2N3O3. The van der Waals surface area contributed by atoms with Gasteiger partial charge in [0.1, 0.15) is 5.92 Å². The topological polar surface area (TPSA) is 69.7 Å². The lowest BCUT2D eigenvalue weighted by Gasteiger charge is -2.24. The van der Waals surface area contributed by atoms with Gasteiger partial charge in [-0.15, -0.1) is 0 Å². The van der Waals surface area contributed by atoms with Gasteiger partial charge in [0.15, 0.2) is 0 Å². The lowest BCUT2D eigenvalue weighted by molar-refractivity contribution is -0.143. The van der Waals surface area contributed by atoms with E-state index in [1.54, 1.807) is 11.0 Å². The van der Waals surface area contributed by atoms with Crippen molar-refractivity contribution in [3.8, 4) is 0 Å². The largest absolute Gasteiger partial charge is 0.355 e. The highest BCUT2D eigenvalue weighted by molar-refractivity contribution is 6.42. The number of hydrogen-bond acceptors (Lipinski definition) is 4. The van der Waals surface area contributed by atoms with Crippen molar-refractivity contribution in [3.05, 3.63) is 69.7 Å². The van der Waals surface area contributed by atoms with Crippen molar-refractivity contribution in [1.82, 2.24) is 15.1 Å². The number of nitrogens with zero attached hydrogens (tertiary/aromatic N) is 2. The zero-order valence-electron chi connectivity index (χ0n) is 18.3. The molecule has 2 aliphatic rings. The van der Waals surface area contributed by atoms with E-state index in [0.29, 0.717) is 29.6 Å². The van der Waals surface area contributed by atoms with Gasteiger partial charge >= 0.3 is 0 Å². The fourth-order valence-electron chi connectivity index (χ4n) is 4.54. The van der Waals surface area contributed by atoms with Gasteiger partial charge in [0, 0.05) is 38.8 Å². The maximum atomic E-state index is 12.6. The number of carbonyl (C=O) groups is 3. The third-order valence-electron chi connectivity index (χ3n) is 6.35. The normalized spacial score (nSPS) is 21.1. The standard InChI is InChI=1S/C25H27Cl2N3O3/c26-21-9-8-17(13-22(21)27)7-4-11-28-24(32)20-16-30(25(33)23(20)31)19-10-12-29(15-19)14-18-5-2-1-3-6-18/h1-3,5-6,8-9,13,19-20H,4,7,10-12,14-16H2,(H,28,32)/t19-,20?/m1/s1. The average molecular weight is 488 g/mol. The van der Waals surface area contributed by atoms with Crippen LogP contribution in [0.3, 0.4) is 0 Å². The Kier molecular flexibility index (Phi) is 7.68. The van der Waals surface area contributed by atoms with Gasteiger partial charge in [0.05, 0.1) is 10.0 Å². The Morgan fingerprint density at radius 2 is 1.79 bits per heavy atom. The highest BCUT2D eigenvalue weighted by atomic mass is 35.5. The van der Waals surface area contributed by atoms with Crippen LogP contribution in [0, 0.1) is 5.92 Å². The number of ketones is 1. The van der Waals surface area contributed by atoms with Gasteiger partial charge in [0.2, 0.25) is 11.7 Å². The van der Waals surface area contributed by atoms with Crippen LogP contribution in [0.5, 0.6) is 0 Å². The van der Waals surface area contributed by atoms with Crippen LogP contribution in [0.25, 0.3) is 0 Å². The van der Waals surface area contributed by atoms with E-state index in [-0.39, 0.29) is 18.5 Å². The lowest BCUT2D eigenvalue weighted by atomic mass is 10.1. The molecule has 2 aromatic carbocycles. The second-order valence-corrected chi connectivity index (χ2v) is 9.50. The minimum Gasteiger partial charge on any atom is -0.355 e. The van der Waals surface area contributed by atoms with Gasteiger partial charge < -0.3 is 10.2 Å². The number of aryl methyl sites for hydroxylation is 1. The Balaban J connectivity index is 1.24. The summed E-state index contributed by atoms with van der Waals surface area (Å²) in [5.41, 5.74) is 2.25. The van der Waals surface area contributed by atoms with E-state index in [1.165, 1.54) is 5.56 Å². The SMILES string of the molecule is O=C(NCCCc1ccc(Cl)c(Cl)c1)C1CN([C@@H]2CCN(Cc3ccccc3)C2)C(=O)C1=O. The Morgan fingerprint density at radius 3 is 2.55 bits per heavy atom. The molecule has 6 nitrogen and oxygen atoms in total. The van der Waals surface area contributed by atoms with E-state index in [2.05, 4.69) is 22.3 Å². The number of likely N-dealkylation sites (tertiary alicyclic amines) is 2. The van der Waals surface area contributed by atoms with Crippen LogP contribution in [-0.4, -0.2) is 59.6 Å². The van der Waals surface area contributed by atoms with Crippen molar-refractivity contribution in [2.75, 3.05) is 26.2 Å². The number of hydrogen-bond donors (Lipinski definition) is 1. The minimum absolute atomic E-state index is 0.0300. The number of carbonyl (C=O) groups excluding carboxylic acids is 3. The molecule has 0 radical (unpaired) electrons. The molecule has 0 spiro atoms. The first-order chi connectivity index (χ1) is 15.9. The summed E-state index contributed by atoms with van der Waals surface area (Å²) >= 11 is 12.0. The fraction of sp³-hybridized carbons (Fsp3) is 0.400. The fourth-order valence-corrected chi connectivity index (χ4v) is 4.86. The summed E-state index contributed by atoms with van der Waals surface area (Å²) < 4.78 is 0. The molecule has 1 unspecified atom stereocenters. The molecule has 8 heteroatoms. The summed E-state index contributed by atoms with van der Waals surface area (Å²) in [6, 6.07) is 15.6. The Labute approximate surface area is 203 Å². The quantitative estimate of drug-likeness (QED) is 0.352. The van der Waals surface area contributed by atoms with E-state index in [9.17, 15) is 14.4 Å². The zero-order chi connectivity index (χ0) is 23.4. The molecule has 2 fully saturated rings. The van der Waals surface area contributed by atoms with Crippen LogP contribution in [0.4, 0.5) is 0 Å². The average Bonchev–Trinajstić information content (AvgIpc) is 3.38. The Morgan fingerprint density at radius 1 is 1.00 bits per heavy atom. The molecule has 2 atom stereocenters. The van der Waals surface area contributed by atoms with Crippen molar-refractivity contribution in [3.63, 3.8) is 0 Å². The first-order valence-corrected chi connectivity index (χ1v) is 12.0. The summed E-state index contributed by atoms with van der Waals surface area (Å²) in [5, 5.41) is 3.83. The molecule has 0 bridgehead atoms. The minimum atomic E-state index is -0.925. The van der Waals surface area contributed by atoms with E-state index >= 15 is 0 Å². The third-order valence-corrected chi connectivity index (χ3v) is 7.09. The van der Waals surface area contributed by atoms with E-state index < -0.39 is 17.6 Å². The highest BCUT2D eigenvalue weighted by Gasteiger charge is 2.46. The second-order valence-electron chi connectivity index (χ2n) is 8.68. The number of rotatable bonds is 8. The molecule has 0 aliphatic carbocycles. The predicted octanol–water partition coefficient (Wildman–Crippen LogP) is 3.34. The lowest BCUT2D eigenvalue weighted by Crippen LogP contribution is -2.40. The van der Waals surface area contributed by atoms with Gasteiger partial charge in [-0.2, -0.15) is 0 Å². The Hall–Kier alpha value is -2.41.